The standard InChI is InChI=1S/C38H66O12S/c1-3-5-7-9-11-13-15-16-17-19-21-23-25-27-34(40)48-32(30-46-28-26-24-22-20-18-14-12-10-8-6-4-2)31-47-38-36(42)37(50-51(43,44)45)35(41)33(29-39)49-38/h5,7-8,10-11,13,16-17,32-33,35-39,41-42H,3-4,6,9,12,14-15,18-31H2,1-2H3,(H,43,44,45)/b7-5-,10-8-,13-11-,17-16-. The molecule has 1 saturated heterocycles. The summed E-state index contributed by atoms with van der Waals surface area (Å²) in [5.74, 6) is -0.434. The van der Waals surface area contributed by atoms with Crippen LogP contribution in [0.1, 0.15) is 123 Å². The minimum Gasteiger partial charge on any atom is -0.457 e. The van der Waals surface area contributed by atoms with Gasteiger partial charge in [-0.15, -0.1) is 0 Å². The van der Waals surface area contributed by atoms with E-state index in [-0.39, 0.29) is 19.6 Å². The first-order valence-corrected chi connectivity index (χ1v) is 20.3. The largest absolute Gasteiger partial charge is 0.457 e. The molecule has 13 heteroatoms. The summed E-state index contributed by atoms with van der Waals surface area (Å²) in [4.78, 5) is 12.7. The molecule has 0 aromatic heterocycles. The Bertz CT molecular complexity index is 1090. The lowest BCUT2D eigenvalue weighted by molar-refractivity contribution is -0.301. The van der Waals surface area contributed by atoms with Crippen molar-refractivity contribution in [3.8, 4) is 0 Å². The summed E-state index contributed by atoms with van der Waals surface area (Å²) < 4.78 is 58.7. The predicted octanol–water partition coefficient (Wildman–Crippen LogP) is 6.45. The summed E-state index contributed by atoms with van der Waals surface area (Å²) >= 11 is 0. The Labute approximate surface area is 306 Å². The number of rotatable bonds is 31. The normalized spacial score (nSPS) is 22.2. The minimum atomic E-state index is -5.06. The molecule has 1 aliphatic heterocycles. The molecule has 0 aliphatic carbocycles. The first kappa shape index (κ1) is 47.1. The average molecular weight is 747 g/mol. The molecule has 1 fully saturated rings. The fourth-order valence-electron chi connectivity index (χ4n) is 5.33. The van der Waals surface area contributed by atoms with Gasteiger partial charge in [0.1, 0.15) is 30.5 Å². The number of esters is 1. The second kappa shape index (κ2) is 30.5. The predicted molar refractivity (Wildman–Crippen MR) is 197 cm³/mol. The molecule has 51 heavy (non-hydrogen) atoms. The number of aliphatic hydroxyl groups excluding tert-OH is 3. The van der Waals surface area contributed by atoms with E-state index >= 15 is 0 Å². The van der Waals surface area contributed by atoms with Crippen molar-refractivity contribution >= 4 is 16.4 Å². The number of unbranched alkanes of at least 4 members (excludes halogenated alkanes) is 10. The monoisotopic (exact) mass is 746 g/mol. The van der Waals surface area contributed by atoms with Crippen LogP contribution in [-0.4, -0.2) is 97.5 Å². The third kappa shape index (κ3) is 24.8. The first-order chi connectivity index (χ1) is 24.6. The van der Waals surface area contributed by atoms with Gasteiger partial charge in [0.05, 0.1) is 19.8 Å². The Morgan fingerprint density at radius 3 is 2.00 bits per heavy atom. The number of carbonyl (C=O) groups excluding carboxylic acids is 1. The topological polar surface area (TPSA) is 178 Å². The van der Waals surface area contributed by atoms with E-state index < -0.39 is 59.8 Å². The Kier molecular flexibility index (Phi) is 28.2. The van der Waals surface area contributed by atoms with Gasteiger partial charge in [-0.05, 0) is 64.2 Å². The lowest BCUT2D eigenvalue weighted by atomic mass is 9.99. The maximum Gasteiger partial charge on any atom is 0.397 e. The van der Waals surface area contributed by atoms with Crippen LogP contribution in [0.5, 0.6) is 0 Å². The van der Waals surface area contributed by atoms with Crippen LogP contribution in [0.3, 0.4) is 0 Å². The molecular weight excluding hydrogens is 680 g/mol. The highest BCUT2D eigenvalue weighted by Crippen LogP contribution is 2.26. The molecule has 0 radical (unpaired) electrons. The van der Waals surface area contributed by atoms with Crippen LogP contribution in [-0.2, 0) is 38.3 Å². The van der Waals surface area contributed by atoms with Crippen LogP contribution in [0.2, 0.25) is 0 Å². The van der Waals surface area contributed by atoms with Crippen molar-refractivity contribution in [2.24, 2.45) is 0 Å². The van der Waals surface area contributed by atoms with E-state index in [0.29, 0.717) is 13.0 Å². The van der Waals surface area contributed by atoms with E-state index in [1.807, 2.05) is 0 Å². The van der Waals surface area contributed by atoms with Crippen LogP contribution in [0.25, 0.3) is 0 Å². The van der Waals surface area contributed by atoms with Crippen molar-refractivity contribution in [3.05, 3.63) is 48.6 Å². The molecule has 0 aromatic rings. The molecule has 4 N–H and O–H groups in total. The summed E-state index contributed by atoms with van der Waals surface area (Å²) in [6.07, 6.45) is 24.5. The van der Waals surface area contributed by atoms with E-state index in [0.717, 1.165) is 77.0 Å². The Hall–Kier alpha value is -1.94. The maximum atomic E-state index is 12.7. The molecule has 12 nitrogen and oxygen atoms in total. The molecule has 0 aromatic carbocycles. The van der Waals surface area contributed by atoms with Gasteiger partial charge >= 0.3 is 16.4 Å². The van der Waals surface area contributed by atoms with Crippen LogP contribution in [0.4, 0.5) is 0 Å². The molecule has 6 unspecified atom stereocenters. The molecule has 1 rings (SSSR count). The first-order valence-electron chi connectivity index (χ1n) is 18.9. The number of aliphatic hydroxyl groups is 3. The quantitative estimate of drug-likeness (QED) is 0.0264. The fraction of sp³-hybridized carbons (Fsp3) is 0.763. The molecule has 0 bridgehead atoms. The SMILES string of the molecule is CC/C=C\C/C=C\C/C=C\CCCCCC(=O)OC(COCCCCCCCC/C=C\CCC)COC1OC(CO)C(O)C(OS(=O)(=O)O)C1O. The molecule has 1 aliphatic rings. The van der Waals surface area contributed by atoms with Crippen molar-refractivity contribution in [1.29, 1.82) is 0 Å². The highest BCUT2D eigenvalue weighted by Gasteiger charge is 2.48. The number of allylic oxidation sites excluding steroid dienone is 8. The Balaban J connectivity index is 2.55. The van der Waals surface area contributed by atoms with Gasteiger partial charge in [0.15, 0.2) is 6.29 Å². The van der Waals surface area contributed by atoms with Gasteiger partial charge in [-0.3, -0.25) is 9.35 Å². The second-order valence-electron chi connectivity index (χ2n) is 12.8. The summed E-state index contributed by atoms with van der Waals surface area (Å²) in [5.41, 5.74) is 0. The van der Waals surface area contributed by atoms with Gasteiger partial charge in [-0.1, -0.05) is 101 Å². The number of hydrogen-bond acceptors (Lipinski definition) is 11. The maximum absolute atomic E-state index is 12.7. The van der Waals surface area contributed by atoms with Gasteiger partial charge in [-0.2, -0.15) is 8.42 Å². The van der Waals surface area contributed by atoms with Gasteiger partial charge < -0.3 is 34.3 Å². The summed E-state index contributed by atoms with van der Waals surface area (Å²) in [5, 5.41) is 30.5. The average Bonchev–Trinajstić information content (AvgIpc) is 3.09. The number of hydrogen-bond donors (Lipinski definition) is 4. The number of ether oxygens (including phenoxy) is 4. The van der Waals surface area contributed by atoms with E-state index in [9.17, 15) is 28.5 Å². The summed E-state index contributed by atoms with van der Waals surface area (Å²) in [6, 6.07) is 0. The zero-order valence-corrected chi connectivity index (χ0v) is 31.7. The molecule has 0 spiro atoms. The van der Waals surface area contributed by atoms with Crippen LogP contribution >= 0.6 is 0 Å². The van der Waals surface area contributed by atoms with E-state index in [1.165, 1.54) is 19.3 Å². The van der Waals surface area contributed by atoms with Gasteiger partial charge in [0, 0.05) is 13.0 Å². The van der Waals surface area contributed by atoms with Crippen molar-refractivity contribution in [2.45, 2.75) is 160 Å². The molecule has 1 heterocycles. The summed E-state index contributed by atoms with van der Waals surface area (Å²) in [7, 11) is -5.06. The Morgan fingerprint density at radius 1 is 0.765 bits per heavy atom. The molecule has 0 amide bonds. The van der Waals surface area contributed by atoms with E-state index in [1.54, 1.807) is 0 Å². The van der Waals surface area contributed by atoms with Gasteiger partial charge in [-0.25, -0.2) is 4.18 Å². The fourth-order valence-corrected chi connectivity index (χ4v) is 5.84. The van der Waals surface area contributed by atoms with Crippen LogP contribution < -0.4 is 0 Å². The third-order valence-electron chi connectivity index (χ3n) is 8.17. The lowest BCUT2D eigenvalue weighted by Gasteiger charge is -2.41. The van der Waals surface area contributed by atoms with Crippen LogP contribution in [0, 0.1) is 0 Å². The lowest BCUT2D eigenvalue weighted by Crippen LogP contribution is -2.60. The second-order valence-corrected chi connectivity index (χ2v) is 13.8. The minimum absolute atomic E-state index is 0.0176. The molecule has 296 valence electrons. The zero-order valence-electron chi connectivity index (χ0n) is 30.9. The van der Waals surface area contributed by atoms with Crippen molar-refractivity contribution < 1.29 is 56.2 Å². The van der Waals surface area contributed by atoms with Gasteiger partial charge in [0.25, 0.3) is 0 Å². The highest BCUT2D eigenvalue weighted by atomic mass is 32.3. The molecular formula is C38H66O12S. The van der Waals surface area contributed by atoms with Crippen molar-refractivity contribution in [1.82, 2.24) is 0 Å². The molecule has 0 saturated carbocycles. The summed E-state index contributed by atoms with van der Waals surface area (Å²) in [6.45, 7) is 3.72. The van der Waals surface area contributed by atoms with Gasteiger partial charge in [0.2, 0.25) is 0 Å². The number of carbonyl (C=O) groups is 1. The molecule has 6 atom stereocenters. The van der Waals surface area contributed by atoms with Crippen molar-refractivity contribution in [2.75, 3.05) is 26.4 Å². The van der Waals surface area contributed by atoms with E-state index in [4.69, 9.17) is 23.5 Å². The van der Waals surface area contributed by atoms with Crippen LogP contribution in [0.15, 0.2) is 48.6 Å². The van der Waals surface area contributed by atoms with Crippen molar-refractivity contribution in [3.63, 3.8) is 0 Å². The Morgan fingerprint density at radius 2 is 1.35 bits per heavy atom. The third-order valence-corrected chi connectivity index (χ3v) is 8.63. The van der Waals surface area contributed by atoms with E-state index in [2.05, 4.69) is 66.6 Å². The smallest absolute Gasteiger partial charge is 0.397 e. The highest BCUT2D eigenvalue weighted by molar-refractivity contribution is 7.80. The zero-order chi connectivity index (χ0) is 37.6.